The van der Waals surface area contributed by atoms with Crippen LogP contribution in [-0.4, -0.2) is 27.2 Å². The van der Waals surface area contributed by atoms with Gasteiger partial charge in [0.25, 0.3) is 0 Å². The van der Waals surface area contributed by atoms with E-state index in [1.807, 2.05) is 60.7 Å². The fourth-order valence-corrected chi connectivity index (χ4v) is 12.1. The van der Waals surface area contributed by atoms with E-state index in [0.717, 1.165) is 67.0 Å². The molecule has 0 aliphatic heterocycles. The van der Waals surface area contributed by atoms with E-state index in [-0.39, 0.29) is 37.5 Å². The van der Waals surface area contributed by atoms with Crippen LogP contribution in [0.2, 0.25) is 19.6 Å². The number of aromatic nitrogens is 4. The van der Waals surface area contributed by atoms with E-state index in [0.29, 0.717) is 28.6 Å². The average Bonchev–Trinajstić information content (AvgIpc) is 1.91. The molecule has 0 atom stereocenters. The number of imidazole rings is 2. The van der Waals surface area contributed by atoms with Crippen LogP contribution in [0.3, 0.4) is 0 Å². The van der Waals surface area contributed by atoms with Gasteiger partial charge in [-0.3, -0.25) is 9.97 Å². The Morgan fingerprint density at radius 3 is 1.62 bits per heavy atom. The van der Waals surface area contributed by atoms with Crippen molar-refractivity contribution in [2.45, 2.75) is 112 Å². The molecule has 7 heteroatoms. The molecule has 3 heterocycles. The van der Waals surface area contributed by atoms with Gasteiger partial charge in [0.15, 0.2) is 0 Å². The monoisotopic (exact) mass is 1250 g/mol. The van der Waals surface area contributed by atoms with Crippen LogP contribution in [0, 0.1) is 19.0 Å². The number of nitrogens with zero attached hydrogens (tertiary/aromatic N) is 4. The van der Waals surface area contributed by atoms with E-state index in [2.05, 4.69) is 205 Å². The topological polar surface area (TPSA) is 48.8 Å². The maximum Gasteiger partial charge on any atom is 0.121 e. The summed E-state index contributed by atoms with van der Waals surface area (Å²) < 4.78 is 52.2. The smallest absolute Gasteiger partial charge is 0.121 e. The second kappa shape index (κ2) is 23.0. The second-order valence-corrected chi connectivity index (χ2v) is 27.9. The van der Waals surface area contributed by atoms with Crippen molar-refractivity contribution < 1.29 is 31.4 Å². The van der Waals surface area contributed by atoms with Crippen molar-refractivity contribution in [1.82, 2.24) is 19.1 Å². The Labute approximate surface area is 495 Å². The third-order valence-electron chi connectivity index (χ3n) is 14.9. The molecular formula is C73H72IrN4OSi-2. The molecule has 0 amide bonds. The molecule has 12 aromatic rings. The maximum atomic E-state index is 8.98. The van der Waals surface area contributed by atoms with Crippen LogP contribution in [0.1, 0.15) is 119 Å². The molecule has 0 bridgehead atoms. The van der Waals surface area contributed by atoms with E-state index in [1.54, 1.807) is 12.1 Å². The minimum atomic E-state index is -2.18. The van der Waals surface area contributed by atoms with E-state index >= 15 is 0 Å². The fraction of sp³-hybridized carbons (Fsp3) is 0.233. The Morgan fingerprint density at radius 2 is 1.06 bits per heavy atom. The van der Waals surface area contributed by atoms with Crippen LogP contribution >= 0.6 is 0 Å². The largest absolute Gasteiger partial charge is 0.501 e. The van der Waals surface area contributed by atoms with Gasteiger partial charge < -0.3 is 13.6 Å². The van der Waals surface area contributed by atoms with Crippen molar-refractivity contribution in [3.8, 4) is 56.4 Å². The molecular weight excluding hydrogens is 1170 g/mol. The third-order valence-corrected chi connectivity index (χ3v) is 15.9. The molecule has 9 aromatic carbocycles. The quantitative estimate of drug-likeness (QED) is 0.0905. The van der Waals surface area contributed by atoms with Crippen molar-refractivity contribution in [2.75, 3.05) is 0 Å². The molecule has 0 fully saturated rings. The van der Waals surface area contributed by atoms with Crippen molar-refractivity contribution in [3.05, 3.63) is 228 Å². The third kappa shape index (κ3) is 11.0. The Bertz CT molecular complexity index is 4320. The normalized spacial score (nSPS) is 13.2. The molecule has 80 heavy (non-hydrogen) atoms. The summed E-state index contributed by atoms with van der Waals surface area (Å²) in [5.74, 6) is 1.27. The zero-order valence-corrected chi connectivity index (χ0v) is 51.1. The summed E-state index contributed by atoms with van der Waals surface area (Å²) in [5, 5.41) is 1.93. The van der Waals surface area contributed by atoms with Gasteiger partial charge >= 0.3 is 0 Å². The Hall–Kier alpha value is -7.41. The first-order valence-electron chi connectivity index (χ1n) is 30.3. The van der Waals surface area contributed by atoms with E-state index < -0.39 is 20.9 Å². The second-order valence-electron chi connectivity index (χ2n) is 23.1. The summed E-state index contributed by atoms with van der Waals surface area (Å²) in [6, 6.07) is 68.7. The van der Waals surface area contributed by atoms with E-state index in [4.69, 9.17) is 21.2 Å². The van der Waals surface area contributed by atoms with Gasteiger partial charge in [-0.05, 0) is 122 Å². The Balaban J connectivity index is 0.000000214. The zero-order valence-electron chi connectivity index (χ0n) is 52.7. The van der Waals surface area contributed by atoms with Crippen molar-refractivity contribution in [3.63, 3.8) is 0 Å². The SMILES string of the molecule is [2H]C([2H])([2H])c1c[c-]c(-c2nc3ccccc3n2-c2c(C(C)C)cccc2C(C)C)cc1.[2H]C([2H])(c1ccc2c(c1)oc1c(-c3nc4ccccc4n3-c3c(C(C)C)cc(-c4ccc(-c5ccccc5)cc4)cc3C(C)C)[c-]ccc12)[Si](C)(C)C.[Ir]. The first kappa shape index (κ1) is 49.6. The number of para-hydroxylation sites is 5. The van der Waals surface area contributed by atoms with Gasteiger partial charge in [-0.1, -0.05) is 202 Å². The van der Waals surface area contributed by atoms with Crippen LogP contribution in [0.25, 0.3) is 100 Å². The molecule has 0 aliphatic rings. The van der Waals surface area contributed by atoms with Crippen LogP contribution in [-0.2, 0) is 26.1 Å². The van der Waals surface area contributed by atoms with Crippen molar-refractivity contribution in [1.29, 1.82) is 0 Å². The summed E-state index contributed by atoms with van der Waals surface area (Å²) in [6.45, 7) is 22.0. The average molecular weight is 1250 g/mol. The molecule has 3 aromatic heterocycles. The van der Waals surface area contributed by atoms with Crippen LogP contribution in [0.4, 0.5) is 0 Å². The van der Waals surface area contributed by atoms with E-state index in [1.165, 1.54) is 44.5 Å². The van der Waals surface area contributed by atoms with Gasteiger partial charge in [-0.15, -0.1) is 53.6 Å². The summed E-state index contributed by atoms with van der Waals surface area (Å²) in [6.07, 6.45) is 0. The summed E-state index contributed by atoms with van der Waals surface area (Å²) >= 11 is 0. The molecule has 0 spiro atoms. The molecule has 0 saturated carbocycles. The molecule has 5 nitrogen and oxygen atoms in total. The van der Waals surface area contributed by atoms with Gasteiger partial charge in [0.2, 0.25) is 0 Å². The number of aryl methyl sites for hydroxylation is 1. The molecule has 1 radical (unpaired) electrons. The number of rotatable bonds is 12. The summed E-state index contributed by atoms with van der Waals surface area (Å²) in [4.78, 5) is 10.2. The molecule has 405 valence electrons. The number of benzene rings is 9. The van der Waals surface area contributed by atoms with Crippen LogP contribution in [0.15, 0.2) is 186 Å². The van der Waals surface area contributed by atoms with E-state index in [9.17, 15) is 0 Å². The minimum Gasteiger partial charge on any atom is -0.501 e. The van der Waals surface area contributed by atoms with Crippen molar-refractivity contribution in [2.24, 2.45) is 0 Å². The maximum absolute atomic E-state index is 8.98. The standard InChI is InChI=1S/C47H45N2OSi.C26H27N2.Ir/c1-30(2)40-27-36(35-23-21-34(22-24-35)33-14-9-8-10-15-33)28-41(31(3)4)45(40)49-43-19-12-11-18-42(43)48-47(49)39-17-13-16-38-37-25-20-32(29-51(5,6)7)26-44(37)50-46(38)39;1-17(2)21-9-8-10-22(18(3)4)25(21)28-24-12-7-6-11-23(24)27-26(28)20-15-13-19(5)14-16-20;/h8-16,18-28,30-31H,29H2,1-7H3;6-15,17-18H,1-5H3;/q2*-1;/i29D2;5D3;. The van der Waals surface area contributed by atoms with Crippen molar-refractivity contribution >= 4 is 52.1 Å². The molecule has 12 rings (SSSR count). The van der Waals surface area contributed by atoms with Gasteiger partial charge in [0.05, 0.1) is 39.3 Å². The van der Waals surface area contributed by atoms with Crippen LogP contribution in [0.5, 0.6) is 0 Å². The summed E-state index contributed by atoms with van der Waals surface area (Å²) in [7, 11) is -2.18. The number of furan rings is 1. The molecule has 0 aliphatic carbocycles. The number of hydrogen-bond donors (Lipinski definition) is 0. The Morgan fingerprint density at radius 1 is 0.525 bits per heavy atom. The van der Waals surface area contributed by atoms with Crippen LogP contribution < -0.4 is 0 Å². The van der Waals surface area contributed by atoms with Gasteiger partial charge in [-0.2, -0.15) is 0 Å². The number of hydrogen-bond acceptors (Lipinski definition) is 3. The van der Waals surface area contributed by atoms with Gasteiger partial charge in [0, 0.05) is 51.8 Å². The number of fused-ring (bicyclic) bond motifs is 5. The first-order chi connectivity index (χ1) is 40.0. The minimum absolute atomic E-state index is 0. The first-order valence-corrected chi connectivity index (χ1v) is 31.3. The predicted octanol–water partition coefficient (Wildman–Crippen LogP) is 20.4. The predicted molar refractivity (Wildman–Crippen MR) is 337 cm³/mol. The molecule has 0 unspecified atom stereocenters. The zero-order chi connectivity index (χ0) is 59.6. The fourth-order valence-electron chi connectivity index (χ4n) is 11.1. The Kier molecular flexibility index (Phi) is 14.3. The molecule has 0 saturated heterocycles. The van der Waals surface area contributed by atoms with Gasteiger partial charge in [0.1, 0.15) is 5.58 Å². The van der Waals surface area contributed by atoms with Gasteiger partial charge in [-0.25, -0.2) is 0 Å². The molecule has 0 N–H and O–H groups in total. The summed E-state index contributed by atoms with van der Waals surface area (Å²) in [5.41, 5.74) is 19.9.